The molecule has 0 spiro atoms. The monoisotopic (exact) mass is 242 g/mol. The highest BCUT2D eigenvalue weighted by Gasteiger charge is 2.06. The van der Waals surface area contributed by atoms with Crippen molar-refractivity contribution in [2.45, 2.75) is 6.42 Å². The van der Waals surface area contributed by atoms with Gasteiger partial charge in [-0.3, -0.25) is 0 Å². The van der Waals surface area contributed by atoms with Gasteiger partial charge in [0.2, 0.25) is 0 Å². The van der Waals surface area contributed by atoms with Crippen molar-refractivity contribution in [3.05, 3.63) is 59.4 Å². The van der Waals surface area contributed by atoms with Crippen LogP contribution in [0.2, 0.25) is 0 Å². The molecule has 2 N–H and O–H groups in total. The maximum absolute atomic E-state index is 11.2. The van der Waals surface area contributed by atoms with Crippen LogP contribution in [0.3, 0.4) is 0 Å². The van der Waals surface area contributed by atoms with Gasteiger partial charge in [0.05, 0.1) is 7.11 Å². The normalized spacial score (nSPS) is 10.1. The summed E-state index contributed by atoms with van der Waals surface area (Å²) in [5, 5.41) is 0. The van der Waals surface area contributed by atoms with E-state index in [9.17, 15) is 4.79 Å². The molecule has 0 aliphatic heterocycles. The summed E-state index contributed by atoms with van der Waals surface area (Å²) >= 11 is 0. The molecule has 4 heteroatoms. The lowest BCUT2D eigenvalue weighted by Crippen LogP contribution is -2.04. The largest absolute Gasteiger partial charge is 0.464 e. The number of methoxy groups -OCH3 is 1. The molecule has 4 nitrogen and oxygen atoms in total. The number of ether oxygens (including phenoxy) is 1. The Hall–Kier alpha value is -2.36. The van der Waals surface area contributed by atoms with E-state index in [0.717, 1.165) is 23.2 Å². The van der Waals surface area contributed by atoms with Crippen LogP contribution in [0.1, 0.15) is 21.6 Å². The van der Waals surface area contributed by atoms with Gasteiger partial charge in [0, 0.05) is 11.9 Å². The van der Waals surface area contributed by atoms with Crippen LogP contribution in [0.15, 0.2) is 42.6 Å². The molecule has 1 heterocycles. The number of anilines is 1. The third kappa shape index (κ3) is 2.85. The number of esters is 1. The Bertz CT molecular complexity index is 533. The Morgan fingerprint density at radius 1 is 1.17 bits per heavy atom. The quantitative estimate of drug-likeness (QED) is 0.660. The molecule has 0 saturated carbocycles. The Kier molecular flexibility index (Phi) is 3.57. The molecule has 0 unspecified atom stereocenters. The molecule has 18 heavy (non-hydrogen) atoms. The lowest BCUT2D eigenvalue weighted by molar-refractivity contribution is 0.0594. The van der Waals surface area contributed by atoms with Gasteiger partial charge in [-0.15, -0.1) is 0 Å². The summed E-state index contributed by atoms with van der Waals surface area (Å²) < 4.78 is 4.59. The Morgan fingerprint density at radius 2 is 1.83 bits per heavy atom. The number of carbonyl (C=O) groups is 1. The minimum atomic E-state index is -0.422. The van der Waals surface area contributed by atoms with Crippen LogP contribution in [0.4, 0.5) is 5.69 Å². The second-order valence-corrected chi connectivity index (χ2v) is 3.96. The molecule has 0 fully saturated rings. The Labute approximate surface area is 105 Å². The average Bonchev–Trinajstić information content (AvgIpc) is 2.41. The van der Waals surface area contributed by atoms with E-state index in [1.54, 1.807) is 12.3 Å². The van der Waals surface area contributed by atoms with Gasteiger partial charge in [-0.1, -0.05) is 18.2 Å². The lowest BCUT2D eigenvalue weighted by Gasteiger charge is -2.03. The predicted molar refractivity (Wildman–Crippen MR) is 69.2 cm³/mol. The number of hydrogen-bond acceptors (Lipinski definition) is 4. The molecular formula is C14H14N2O2. The van der Waals surface area contributed by atoms with Crippen molar-refractivity contribution in [1.82, 2.24) is 4.98 Å². The highest BCUT2D eigenvalue weighted by atomic mass is 16.5. The van der Waals surface area contributed by atoms with Gasteiger partial charge < -0.3 is 10.5 Å². The van der Waals surface area contributed by atoms with Gasteiger partial charge in [0.15, 0.2) is 0 Å². The number of nitrogen functional groups attached to an aromatic ring is 1. The number of benzene rings is 1. The smallest absolute Gasteiger partial charge is 0.356 e. The summed E-state index contributed by atoms with van der Waals surface area (Å²) in [6.45, 7) is 0. The second-order valence-electron chi connectivity index (χ2n) is 3.96. The lowest BCUT2D eigenvalue weighted by atomic mass is 10.1. The van der Waals surface area contributed by atoms with E-state index in [0.29, 0.717) is 5.69 Å². The van der Waals surface area contributed by atoms with Crippen molar-refractivity contribution in [1.29, 1.82) is 0 Å². The van der Waals surface area contributed by atoms with Crippen molar-refractivity contribution in [2.24, 2.45) is 0 Å². The zero-order chi connectivity index (χ0) is 13.0. The first-order valence-corrected chi connectivity index (χ1v) is 5.56. The topological polar surface area (TPSA) is 65.2 Å². The van der Waals surface area contributed by atoms with E-state index in [-0.39, 0.29) is 0 Å². The zero-order valence-electron chi connectivity index (χ0n) is 10.1. The number of nitrogens with two attached hydrogens (primary N) is 1. The Balaban J connectivity index is 2.10. The number of rotatable bonds is 3. The van der Waals surface area contributed by atoms with E-state index in [1.165, 1.54) is 7.11 Å². The third-order valence-corrected chi connectivity index (χ3v) is 2.61. The molecule has 2 rings (SSSR count). The van der Waals surface area contributed by atoms with Gasteiger partial charge in [-0.25, -0.2) is 9.78 Å². The van der Waals surface area contributed by atoms with Gasteiger partial charge in [-0.2, -0.15) is 0 Å². The highest BCUT2D eigenvalue weighted by molar-refractivity contribution is 5.86. The number of nitrogens with zero attached hydrogens (tertiary/aromatic N) is 1. The molecule has 92 valence electrons. The van der Waals surface area contributed by atoms with Crippen LogP contribution in [0, 0.1) is 0 Å². The third-order valence-electron chi connectivity index (χ3n) is 2.61. The van der Waals surface area contributed by atoms with Crippen molar-refractivity contribution in [2.75, 3.05) is 12.8 Å². The maximum atomic E-state index is 11.2. The van der Waals surface area contributed by atoms with Crippen LogP contribution in [-0.2, 0) is 11.2 Å². The molecule has 0 atom stereocenters. The summed E-state index contributed by atoms with van der Waals surface area (Å²) in [6, 6.07) is 11.2. The minimum absolute atomic E-state index is 0.318. The van der Waals surface area contributed by atoms with Gasteiger partial charge >= 0.3 is 5.97 Å². The summed E-state index contributed by atoms with van der Waals surface area (Å²) in [7, 11) is 1.34. The standard InChI is InChI=1S/C14H14N2O2/c1-18-14(17)13-7-4-11(9-16-13)8-10-2-5-12(15)6-3-10/h2-7,9H,8,15H2,1H3. The molecule has 0 aliphatic carbocycles. The highest BCUT2D eigenvalue weighted by Crippen LogP contribution is 2.11. The van der Waals surface area contributed by atoms with Crippen molar-refractivity contribution in [3.8, 4) is 0 Å². The van der Waals surface area contributed by atoms with Crippen molar-refractivity contribution in [3.63, 3.8) is 0 Å². The van der Waals surface area contributed by atoms with E-state index in [4.69, 9.17) is 5.73 Å². The van der Waals surface area contributed by atoms with Gasteiger partial charge in [0.1, 0.15) is 5.69 Å². The first kappa shape index (κ1) is 12.1. The molecule has 1 aromatic heterocycles. The Morgan fingerprint density at radius 3 is 2.39 bits per heavy atom. The predicted octanol–water partition coefficient (Wildman–Crippen LogP) is 2.04. The van der Waals surface area contributed by atoms with Gasteiger partial charge in [-0.05, 0) is 35.7 Å². The van der Waals surface area contributed by atoms with Crippen LogP contribution in [-0.4, -0.2) is 18.1 Å². The van der Waals surface area contributed by atoms with E-state index >= 15 is 0 Å². The fraction of sp³-hybridized carbons (Fsp3) is 0.143. The summed E-state index contributed by atoms with van der Waals surface area (Å²) in [5.74, 6) is -0.422. The molecule has 0 saturated heterocycles. The zero-order valence-corrected chi connectivity index (χ0v) is 10.1. The molecular weight excluding hydrogens is 228 g/mol. The van der Waals surface area contributed by atoms with E-state index < -0.39 is 5.97 Å². The fourth-order valence-corrected chi connectivity index (χ4v) is 1.63. The minimum Gasteiger partial charge on any atom is -0.464 e. The first-order valence-electron chi connectivity index (χ1n) is 5.56. The summed E-state index contributed by atoms with van der Waals surface area (Å²) in [4.78, 5) is 15.3. The van der Waals surface area contributed by atoms with Crippen LogP contribution in [0.25, 0.3) is 0 Å². The van der Waals surface area contributed by atoms with Crippen LogP contribution < -0.4 is 5.73 Å². The number of pyridine rings is 1. The number of hydrogen-bond donors (Lipinski definition) is 1. The first-order chi connectivity index (χ1) is 8.69. The van der Waals surface area contributed by atoms with Crippen LogP contribution in [0.5, 0.6) is 0 Å². The van der Waals surface area contributed by atoms with Crippen LogP contribution >= 0.6 is 0 Å². The molecule has 2 aromatic rings. The number of aromatic nitrogens is 1. The van der Waals surface area contributed by atoms with Crippen molar-refractivity contribution < 1.29 is 9.53 Å². The van der Waals surface area contributed by atoms with Gasteiger partial charge in [0.25, 0.3) is 0 Å². The van der Waals surface area contributed by atoms with Crippen molar-refractivity contribution >= 4 is 11.7 Å². The maximum Gasteiger partial charge on any atom is 0.356 e. The molecule has 0 amide bonds. The molecule has 0 aliphatic rings. The summed E-state index contributed by atoms with van der Waals surface area (Å²) in [6.07, 6.45) is 2.44. The summed E-state index contributed by atoms with van der Waals surface area (Å²) in [5.41, 5.74) is 8.88. The number of carbonyl (C=O) groups excluding carboxylic acids is 1. The molecule has 0 radical (unpaired) electrons. The SMILES string of the molecule is COC(=O)c1ccc(Cc2ccc(N)cc2)cn1. The molecule has 1 aromatic carbocycles. The fourth-order valence-electron chi connectivity index (χ4n) is 1.63. The molecule has 0 bridgehead atoms. The second kappa shape index (κ2) is 5.31. The van der Waals surface area contributed by atoms with E-state index in [2.05, 4.69) is 9.72 Å². The van der Waals surface area contributed by atoms with E-state index in [1.807, 2.05) is 30.3 Å². The average molecular weight is 242 g/mol.